The number of rotatable bonds is 8. The Morgan fingerprint density at radius 2 is 1.75 bits per heavy atom. The number of alkyl halides is 2. The number of aliphatic hydroxyl groups is 2. The zero-order valence-corrected chi connectivity index (χ0v) is 20.8. The smallest absolute Gasteiger partial charge is 0.394 e. The number of phosphoric ester groups is 1. The molecule has 5 heterocycles. The van der Waals surface area contributed by atoms with Gasteiger partial charge >= 0.3 is 13.5 Å². The van der Waals surface area contributed by atoms with Crippen LogP contribution < -0.4 is 22.7 Å². The lowest BCUT2D eigenvalue weighted by Crippen LogP contribution is -2.35. The molecule has 218 valence electrons. The van der Waals surface area contributed by atoms with E-state index in [1.165, 1.54) is 0 Å². The van der Waals surface area contributed by atoms with Crippen LogP contribution in [0.15, 0.2) is 22.2 Å². The van der Waals surface area contributed by atoms with Crippen molar-refractivity contribution in [2.45, 2.75) is 49.2 Å². The minimum absolute atomic E-state index is 0.164. The molecule has 2 saturated heterocycles. The number of H-pyrrole nitrogens is 1. The van der Waals surface area contributed by atoms with Crippen molar-refractivity contribution in [3.63, 3.8) is 0 Å². The first kappa shape index (κ1) is 28.1. The van der Waals surface area contributed by atoms with E-state index in [2.05, 4.69) is 24.9 Å². The average molecular weight is 593 g/mol. The highest BCUT2D eigenvalue weighted by Crippen LogP contribution is 2.50. The standard InChI is InChI=1S/C18H22F2N9O10P/c19-7-10(31)6(38-14(7)29-4-24-16(21)27-18(29)33)2-36-40(34,35)39-11-5(1-30)37-15(8(11)20)28-3-23-9-12(28)25-17(22)26-13(9)32/h3-8,10-11,14-15,30-31H,1-2H2,(H,34,35)(H2,21,27,33)(H3,22,25,26,32)/t5-,6-,7?,8?,10+,11+,14-,15-/m1/s1. The molecule has 3 aromatic rings. The number of nitrogens with zero attached hydrogens (tertiary/aromatic N) is 6. The molecule has 2 aliphatic rings. The SMILES string of the molecule is Nc1ncn([C@@H]2O[C@H](COP(=O)(O)O[C@@H]3C(F)[C@H](n4cnc5c(=O)[nH]c(N)nc54)O[C@@H]3CO)[C@H](O)C2F)c(=O)n1. The number of aromatic nitrogens is 7. The number of hydrogen-bond acceptors (Lipinski definition) is 15. The van der Waals surface area contributed by atoms with Gasteiger partial charge in [-0.25, -0.2) is 28.1 Å². The second-order valence-electron chi connectivity index (χ2n) is 8.71. The number of nitrogens with one attached hydrogen (secondary N) is 1. The van der Waals surface area contributed by atoms with Gasteiger partial charge in [0.15, 0.2) is 36.0 Å². The Labute approximate surface area is 219 Å². The van der Waals surface area contributed by atoms with Gasteiger partial charge in [0.25, 0.3) is 5.56 Å². The first-order chi connectivity index (χ1) is 18.9. The third kappa shape index (κ3) is 5.08. The largest absolute Gasteiger partial charge is 0.472 e. The number of nitrogens with two attached hydrogens (primary N) is 2. The molecule has 0 bridgehead atoms. The first-order valence-electron chi connectivity index (χ1n) is 11.4. The molecule has 0 spiro atoms. The van der Waals surface area contributed by atoms with E-state index in [0.717, 1.165) is 17.2 Å². The normalized spacial score (nSPS) is 32.0. The number of phosphoric acid groups is 1. The molecule has 0 saturated carbocycles. The fourth-order valence-electron chi connectivity index (χ4n) is 4.27. The van der Waals surface area contributed by atoms with E-state index in [9.17, 15) is 33.7 Å². The number of nitrogen functional groups attached to an aromatic ring is 2. The van der Waals surface area contributed by atoms with E-state index in [-0.39, 0.29) is 23.1 Å². The number of imidazole rings is 1. The quantitative estimate of drug-likeness (QED) is 0.144. The summed E-state index contributed by atoms with van der Waals surface area (Å²) < 4.78 is 64.8. The number of ether oxygens (including phenoxy) is 2. The lowest BCUT2D eigenvalue weighted by Gasteiger charge is -2.22. The summed E-state index contributed by atoms with van der Waals surface area (Å²) in [5.74, 6) is -0.676. The fraction of sp³-hybridized carbons (Fsp3) is 0.556. The van der Waals surface area contributed by atoms with Gasteiger partial charge in [-0.1, -0.05) is 0 Å². The van der Waals surface area contributed by atoms with Gasteiger partial charge in [-0.2, -0.15) is 9.97 Å². The number of halogens is 2. The molecular weight excluding hydrogens is 571 g/mol. The molecule has 8 N–H and O–H groups in total. The molecule has 0 amide bonds. The van der Waals surface area contributed by atoms with Crippen LogP contribution in [0, 0.1) is 0 Å². The third-order valence-corrected chi connectivity index (χ3v) is 7.13. The maximum Gasteiger partial charge on any atom is 0.472 e. The van der Waals surface area contributed by atoms with Gasteiger partial charge in [0.2, 0.25) is 11.9 Å². The molecule has 2 aliphatic heterocycles. The number of hydrogen-bond donors (Lipinski definition) is 6. The molecule has 40 heavy (non-hydrogen) atoms. The molecular formula is C18H22F2N9O10P. The van der Waals surface area contributed by atoms with Crippen LogP contribution in [0.3, 0.4) is 0 Å². The summed E-state index contributed by atoms with van der Waals surface area (Å²) in [5, 5.41) is 19.8. The van der Waals surface area contributed by atoms with Crippen molar-refractivity contribution in [2.75, 3.05) is 24.7 Å². The van der Waals surface area contributed by atoms with E-state index in [4.69, 9.17) is 30.0 Å². The minimum atomic E-state index is -5.17. The van der Waals surface area contributed by atoms with Crippen molar-refractivity contribution < 1.29 is 47.0 Å². The van der Waals surface area contributed by atoms with Crippen molar-refractivity contribution >= 4 is 30.9 Å². The van der Waals surface area contributed by atoms with Crippen LogP contribution in [0.4, 0.5) is 20.7 Å². The van der Waals surface area contributed by atoms with E-state index < -0.39 is 81.5 Å². The highest BCUT2D eigenvalue weighted by Gasteiger charge is 2.51. The zero-order chi connectivity index (χ0) is 28.9. The monoisotopic (exact) mass is 593 g/mol. The molecule has 22 heteroatoms. The summed E-state index contributed by atoms with van der Waals surface area (Å²) in [6, 6.07) is 0. The number of fused-ring (bicyclic) bond motifs is 1. The van der Waals surface area contributed by atoms with Gasteiger partial charge in [-0.05, 0) is 0 Å². The van der Waals surface area contributed by atoms with Crippen LogP contribution >= 0.6 is 7.82 Å². The molecule has 19 nitrogen and oxygen atoms in total. The molecule has 5 rings (SSSR count). The second kappa shape index (κ2) is 10.5. The van der Waals surface area contributed by atoms with Crippen molar-refractivity contribution in [1.82, 2.24) is 34.1 Å². The summed E-state index contributed by atoms with van der Waals surface area (Å²) in [7, 11) is -5.17. The van der Waals surface area contributed by atoms with Crippen LogP contribution in [-0.2, 0) is 23.1 Å². The maximum absolute atomic E-state index is 15.5. The van der Waals surface area contributed by atoms with E-state index in [1.807, 2.05) is 0 Å². The van der Waals surface area contributed by atoms with Crippen LogP contribution in [-0.4, -0.2) is 99.1 Å². The number of anilines is 2. The summed E-state index contributed by atoms with van der Waals surface area (Å²) in [6.07, 6.45) is -12.8. The van der Waals surface area contributed by atoms with Crippen molar-refractivity contribution in [1.29, 1.82) is 0 Å². The molecule has 3 unspecified atom stereocenters. The second-order valence-corrected chi connectivity index (χ2v) is 10.1. The Morgan fingerprint density at radius 3 is 2.45 bits per heavy atom. The Hall–Kier alpha value is -3.43. The van der Waals surface area contributed by atoms with E-state index in [1.54, 1.807) is 0 Å². The summed E-state index contributed by atoms with van der Waals surface area (Å²) in [5.41, 5.74) is 8.73. The number of aliphatic hydroxyl groups excluding tert-OH is 2. The molecule has 0 aliphatic carbocycles. The summed E-state index contributed by atoms with van der Waals surface area (Å²) in [4.78, 5) is 51.0. The van der Waals surface area contributed by atoms with Gasteiger partial charge in [-0.3, -0.25) is 28.0 Å². The number of aromatic amines is 1. The molecule has 0 radical (unpaired) electrons. The molecule has 9 atom stereocenters. The van der Waals surface area contributed by atoms with Gasteiger partial charge in [0, 0.05) is 0 Å². The Morgan fingerprint density at radius 1 is 1.07 bits per heavy atom. The van der Waals surface area contributed by atoms with Crippen LogP contribution in [0.25, 0.3) is 11.2 Å². The van der Waals surface area contributed by atoms with Gasteiger partial charge < -0.3 is 36.0 Å². The van der Waals surface area contributed by atoms with Crippen LogP contribution in [0.1, 0.15) is 12.5 Å². The highest BCUT2D eigenvalue weighted by molar-refractivity contribution is 7.47. The molecule has 0 aromatic carbocycles. The summed E-state index contributed by atoms with van der Waals surface area (Å²) in [6.45, 7) is -1.80. The Balaban J connectivity index is 1.28. The van der Waals surface area contributed by atoms with E-state index >= 15 is 4.39 Å². The van der Waals surface area contributed by atoms with Crippen molar-refractivity contribution in [3.8, 4) is 0 Å². The molecule has 3 aromatic heterocycles. The Bertz CT molecular complexity index is 1570. The highest BCUT2D eigenvalue weighted by atomic mass is 31.2. The lowest BCUT2D eigenvalue weighted by molar-refractivity contribution is -0.0582. The van der Waals surface area contributed by atoms with Gasteiger partial charge in [-0.15, -0.1) is 0 Å². The topological polar surface area (TPSA) is 278 Å². The predicted molar refractivity (Wildman–Crippen MR) is 125 cm³/mol. The minimum Gasteiger partial charge on any atom is -0.394 e. The van der Waals surface area contributed by atoms with Gasteiger partial charge in [0.1, 0.15) is 30.7 Å². The van der Waals surface area contributed by atoms with Crippen molar-refractivity contribution in [2.24, 2.45) is 0 Å². The van der Waals surface area contributed by atoms with Gasteiger partial charge in [0.05, 0.1) is 19.5 Å². The summed E-state index contributed by atoms with van der Waals surface area (Å²) >= 11 is 0. The van der Waals surface area contributed by atoms with E-state index in [0.29, 0.717) is 4.57 Å². The Kier molecular flexibility index (Phi) is 7.39. The fourth-order valence-corrected chi connectivity index (χ4v) is 5.22. The molecule has 2 fully saturated rings. The average Bonchev–Trinajstić information content (AvgIpc) is 3.53. The maximum atomic E-state index is 15.5. The van der Waals surface area contributed by atoms with Crippen LogP contribution in [0.2, 0.25) is 0 Å². The zero-order valence-electron chi connectivity index (χ0n) is 19.9. The predicted octanol–water partition coefficient (Wildman–Crippen LogP) is -2.74. The van der Waals surface area contributed by atoms with Crippen molar-refractivity contribution in [3.05, 3.63) is 33.5 Å². The first-order valence-corrected chi connectivity index (χ1v) is 12.9. The van der Waals surface area contributed by atoms with Crippen LogP contribution in [0.5, 0.6) is 0 Å². The third-order valence-electron chi connectivity index (χ3n) is 6.14. The lowest BCUT2D eigenvalue weighted by atomic mass is 10.1.